The van der Waals surface area contributed by atoms with Crippen molar-refractivity contribution >= 4 is 28.2 Å². The Balaban J connectivity index is 0.000000811. The maximum atomic E-state index is 9.95. The van der Waals surface area contributed by atoms with Gasteiger partial charge in [-0.25, -0.2) is 5.01 Å². The van der Waals surface area contributed by atoms with Crippen LogP contribution in [0.25, 0.3) is 27.9 Å². The maximum absolute atomic E-state index is 9.95. The third-order valence-electron chi connectivity index (χ3n) is 13.6. The van der Waals surface area contributed by atoms with Crippen molar-refractivity contribution in [3.05, 3.63) is 121 Å². The number of aryl methyl sites for hydroxylation is 1. The number of nitrogens with zero attached hydrogens (tertiary/aromatic N) is 6. The minimum atomic E-state index is -0.144. The molecule has 404 valence electrons. The summed E-state index contributed by atoms with van der Waals surface area (Å²) in [6.45, 7) is 52.8. The number of rotatable bonds is 21. The number of carbonyl (C=O) groups excluding carboxylic acids is 1. The van der Waals surface area contributed by atoms with Gasteiger partial charge < -0.3 is 29.8 Å². The number of likely N-dealkylation sites (N-methyl/N-ethyl adjacent to an activating group) is 2. The van der Waals surface area contributed by atoms with Crippen LogP contribution < -0.4 is 10.7 Å². The van der Waals surface area contributed by atoms with Crippen molar-refractivity contribution in [1.29, 1.82) is 0 Å². The Morgan fingerprint density at radius 2 is 1.68 bits per heavy atom. The number of terminal acetylenes is 1. The number of methoxy groups -OCH3 is 1. The van der Waals surface area contributed by atoms with Crippen molar-refractivity contribution in [1.82, 2.24) is 35.1 Å². The average Bonchev–Trinajstić information content (AvgIpc) is 4.04. The molecule has 2 aliphatic heterocycles. The molecule has 5 rings (SSSR count). The number of likely N-dealkylation sites (tertiary alicyclic amines) is 1. The molecular formula is C63H100N8O2. The molecule has 4 heterocycles. The quantitative estimate of drug-likeness (QED) is 0.0475. The third kappa shape index (κ3) is 19.0. The Hall–Kier alpha value is -5.63. The lowest BCUT2D eigenvalue weighted by atomic mass is 9.80. The molecule has 1 aromatic carbocycles. The Morgan fingerprint density at radius 3 is 2.18 bits per heavy atom. The summed E-state index contributed by atoms with van der Waals surface area (Å²) in [5, 5.41) is 5.93. The van der Waals surface area contributed by atoms with E-state index in [4.69, 9.17) is 14.7 Å². The lowest BCUT2D eigenvalue weighted by molar-refractivity contribution is -0.116. The molecule has 2 fully saturated rings. The Morgan fingerprint density at radius 1 is 1.04 bits per heavy atom. The van der Waals surface area contributed by atoms with Crippen LogP contribution in [0, 0.1) is 24.2 Å². The summed E-state index contributed by atoms with van der Waals surface area (Å²) in [6.07, 6.45) is 23.0. The first-order valence-electron chi connectivity index (χ1n) is 27.0. The van der Waals surface area contributed by atoms with Gasteiger partial charge in [0.15, 0.2) is 0 Å². The maximum Gasteiger partial charge on any atom is 0.243 e. The van der Waals surface area contributed by atoms with Gasteiger partial charge in [0.2, 0.25) is 5.91 Å². The van der Waals surface area contributed by atoms with Crippen LogP contribution in [0.5, 0.6) is 0 Å². The molecule has 2 N–H and O–H groups in total. The number of pyridine rings is 1. The van der Waals surface area contributed by atoms with Crippen LogP contribution in [0.15, 0.2) is 109 Å². The number of aliphatic imine (C=N–C) groups is 1. The SMILES string of the molecule is C#C.C=C(CC)C(C(C)C)N(C)C(=C)N1CCCC1.C=C1CCCN(C(CC(C)=N/C(=C\C)c2ccc3c(c2)c(CC(C)(C)CCC)c(-c2cccnc2C(C)OC)n3CC)C(=C)C)N1.C=CC(=O)NC.CC. The number of benzene rings is 1. The second-order valence-corrected chi connectivity index (χ2v) is 20.0. The Bertz CT molecular complexity index is 2320. The number of hydrogen-bond acceptors (Lipinski definition) is 8. The van der Waals surface area contributed by atoms with E-state index in [2.05, 4.69) is 189 Å². The summed E-state index contributed by atoms with van der Waals surface area (Å²) in [5.74, 6) is 1.60. The largest absolute Gasteiger partial charge is 0.375 e. The molecule has 1 amide bonds. The number of fused-ring (bicyclic) bond motifs is 1. The van der Waals surface area contributed by atoms with E-state index in [-0.39, 0.29) is 23.5 Å². The lowest BCUT2D eigenvalue weighted by Gasteiger charge is -2.39. The van der Waals surface area contributed by atoms with Crippen molar-refractivity contribution in [3.8, 4) is 24.1 Å². The highest BCUT2D eigenvalue weighted by atomic mass is 16.5. The van der Waals surface area contributed by atoms with Crippen LogP contribution in [-0.2, 0) is 22.5 Å². The molecule has 3 aromatic rings. The summed E-state index contributed by atoms with van der Waals surface area (Å²) >= 11 is 0. The summed E-state index contributed by atoms with van der Waals surface area (Å²) in [4.78, 5) is 24.7. The molecule has 3 atom stereocenters. The van der Waals surface area contributed by atoms with E-state index in [9.17, 15) is 4.79 Å². The van der Waals surface area contributed by atoms with Gasteiger partial charge in [-0.05, 0) is 127 Å². The van der Waals surface area contributed by atoms with E-state index >= 15 is 0 Å². The van der Waals surface area contributed by atoms with Gasteiger partial charge in [-0.1, -0.05) is 118 Å². The fourth-order valence-electron chi connectivity index (χ4n) is 9.95. The smallest absolute Gasteiger partial charge is 0.243 e. The number of allylic oxidation sites excluding steroid dienone is 2. The van der Waals surface area contributed by atoms with Crippen LogP contribution in [0.4, 0.5) is 0 Å². The fourth-order valence-corrected chi connectivity index (χ4v) is 9.95. The molecule has 0 spiro atoms. The number of ether oxygens (including phenoxy) is 1. The molecule has 0 bridgehead atoms. The van der Waals surface area contributed by atoms with Crippen molar-refractivity contribution in [3.63, 3.8) is 0 Å². The number of aromatic nitrogens is 2. The summed E-state index contributed by atoms with van der Waals surface area (Å²) in [7, 11) is 5.48. The fraction of sp³-hybridized carbons (Fsp3) is 0.540. The molecule has 2 saturated heterocycles. The van der Waals surface area contributed by atoms with Crippen LogP contribution in [0.3, 0.4) is 0 Å². The first kappa shape index (κ1) is 65.4. The summed E-state index contributed by atoms with van der Waals surface area (Å²) < 4.78 is 8.28. The lowest BCUT2D eigenvalue weighted by Crippen LogP contribution is -2.49. The molecule has 10 nitrogen and oxygen atoms in total. The minimum Gasteiger partial charge on any atom is -0.375 e. The summed E-state index contributed by atoms with van der Waals surface area (Å²) in [5.41, 5.74) is 16.4. The number of hydrogen-bond donors (Lipinski definition) is 2. The normalized spacial score (nSPS) is 15.1. The zero-order chi connectivity index (χ0) is 55.6. The van der Waals surface area contributed by atoms with E-state index < -0.39 is 0 Å². The summed E-state index contributed by atoms with van der Waals surface area (Å²) in [6, 6.07) is 11.7. The van der Waals surface area contributed by atoms with Gasteiger partial charge in [-0.15, -0.1) is 12.8 Å². The topological polar surface area (TPSA) is 90.3 Å². The zero-order valence-corrected chi connectivity index (χ0v) is 48.8. The predicted molar refractivity (Wildman–Crippen MR) is 318 cm³/mol. The van der Waals surface area contributed by atoms with Crippen molar-refractivity contribution in [2.75, 3.05) is 40.8 Å². The van der Waals surface area contributed by atoms with Gasteiger partial charge >= 0.3 is 0 Å². The number of carbonyl (C=O) groups is 1. The van der Waals surface area contributed by atoms with Gasteiger partial charge in [0.1, 0.15) is 0 Å². The van der Waals surface area contributed by atoms with E-state index in [0.29, 0.717) is 12.0 Å². The number of nitrogens with one attached hydrogen (secondary N) is 2. The zero-order valence-electron chi connectivity index (χ0n) is 48.8. The van der Waals surface area contributed by atoms with E-state index in [0.717, 1.165) is 116 Å². The Labute approximate surface area is 445 Å². The predicted octanol–water partition coefficient (Wildman–Crippen LogP) is 14.7. The molecular weight excluding hydrogens is 901 g/mol. The molecule has 2 aliphatic rings. The van der Waals surface area contributed by atoms with Crippen LogP contribution in [0.1, 0.15) is 164 Å². The highest BCUT2D eigenvalue weighted by Crippen LogP contribution is 2.42. The monoisotopic (exact) mass is 1000 g/mol. The minimum absolute atomic E-state index is 0.111. The van der Waals surface area contributed by atoms with Crippen LogP contribution in [-0.4, -0.2) is 88.9 Å². The molecule has 2 aromatic heterocycles. The molecule has 73 heavy (non-hydrogen) atoms. The van der Waals surface area contributed by atoms with Gasteiger partial charge in [0.05, 0.1) is 41.1 Å². The van der Waals surface area contributed by atoms with Crippen molar-refractivity contribution < 1.29 is 9.53 Å². The van der Waals surface area contributed by atoms with Gasteiger partial charge in [0, 0.05) is 93.4 Å². The second kappa shape index (κ2) is 33.2. The molecule has 0 saturated carbocycles. The third-order valence-corrected chi connectivity index (χ3v) is 13.6. The highest BCUT2D eigenvalue weighted by Gasteiger charge is 2.29. The first-order valence-corrected chi connectivity index (χ1v) is 27.0. The Kier molecular flexibility index (Phi) is 29.8. The molecule has 10 heteroatoms. The number of hydrazine groups is 1. The van der Waals surface area contributed by atoms with Crippen LogP contribution in [0.2, 0.25) is 0 Å². The van der Waals surface area contributed by atoms with Gasteiger partial charge in [-0.2, -0.15) is 0 Å². The first-order chi connectivity index (χ1) is 34.7. The van der Waals surface area contributed by atoms with Gasteiger partial charge in [-0.3, -0.25) is 14.8 Å². The van der Waals surface area contributed by atoms with E-state index in [1.165, 1.54) is 46.7 Å². The standard InChI is InChI=1S/C40H57N5O.C15H28N2.C4H7NO.C2H6.C2H2/c1-12-21-40(9,10)26-34-33-25-31(35(13-2)42-29(7)24-37(27(4)5)45-23-16-17-28(6)43-45)19-20-36(33)44(14-3)39(34)32-18-15-22-41-38(32)30(8)46-11;1-7-13(4)15(12(2)3)16(6)14(5)17-10-8-9-11-17;1-3-4(6)5-2;2*1-2/h13,15,18-20,22,25,30,37,43H,4,6,12,14,16-17,21,23-24,26H2,1-3,5,7-11H3;12,15H,4-5,7-11H2,1-3,6H3;3H,1H2,2H3,(H,5,6);1-2H3;1-2H/b35-13-,42-29?;;;;. The molecule has 3 unspecified atom stereocenters. The van der Waals surface area contributed by atoms with Gasteiger partial charge in [0.25, 0.3) is 0 Å². The van der Waals surface area contributed by atoms with Crippen molar-refractivity contribution in [2.45, 2.75) is 173 Å². The van der Waals surface area contributed by atoms with E-state index in [1.807, 2.05) is 26.1 Å². The second-order valence-electron chi connectivity index (χ2n) is 20.0. The highest BCUT2D eigenvalue weighted by molar-refractivity contribution is 5.96. The van der Waals surface area contributed by atoms with Crippen LogP contribution >= 0.6 is 0 Å². The van der Waals surface area contributed by atoms with E-state index in [1.54, 1.807) is 14.2 Å². The molecule has 0 aliphatic carbocycles. The average molecular weight is 1000 g/mol. The number of amides is 1. The van der Waals surface area contributed by atoms with Crippen molar-refractivity contribution in [2.24, 2.45) is 16.3 Å². The molecule has 0 radical (unpaired) electrons.